The minimum atomic E-state index is 0.754. The Morgan fingerprint density at radius 1 is 1.24 bits per heavy atom. The topological polar surface area (TPSA) is 41.0 Å². The average Bonchev–Trinajstić information content (AvgIpc) is 2.44. The zero-order valence-corrected chi connectivity index (χ0v) is 13.5. The lowest BCUT2D eigenvalue weighted by molar-refractivity contribution is 0.876. The highest BCUT2D eigenvalue weighted by atomic mass is 35.5. The minimum absolute atomic E-state index is 0.754. The van der Waals surface area contributed by atoms with Gasteiger partial charge in [0.2, 0.25) is 0 Å². The molecule has 0 unspecified atom stereocenters. The highest BCUT2D eigenvalue weighted by molar-refractivity contribution is 6.30. The van der Waals surface area contributed by atoms with Crippen LogP contribution in [0, 0.1) is 6.92 Å². The first-order valence-electron chi connectivity index (χ1n) is 7.13. The van der Waals surface area contributed by atoms with Gasteiger partial charge in [0.25, 0.3) is 0 Å². The monoisotopic (exact) mass is 304 g/mol. The number of aryl methyl sites for hydroxylation is 1. The van der Waals surface area contributed by atoms with Crippen LogP contribution in [0.1, 0.15) is 24.7 Å². The normalized spacial score (nSPS) is 10.5. The van der Waals surface area contributed by atoms with Crippen molar-refractivity contribution in [2.75, 3.05) is 23.8 Å². The third kappa shape index (κ3) is 4.60. The van der Waals surface area contributed by atoms with Gasteiger partial charge in [0.05, 0.1) is 0 Å². The summed E-state index contributed by atoms with van der Waals surface area (Å²) in [5.74, 6) is 2.54. The van der Waals surface area contributed by atoms with Crippen molar-refractivity contribution in [3.05, 3.63) is 46.7 Å². The third-order valence-corrected chi connectivity index (χ3v) is 3.32. The Morgan fingerprint density at radius 3 is 2.76 bits per heavy atom. The molecule has 0 aliphatic rings. The second kappa shape index (κ2) is 7.27. The van der Waals surface area contributed by atoms with Crippen LogP contribution in [0.2, 0.25) is 5.02 Å². The van der Waals surface area contributed by atoms with Gasteiger partial charge in [-0.1, -0.05) is 30.7 Å². The van der Waals surface area contributed by atoms with E-state index in [1.807, 2.05) is 38.2 Å². The number of aromatic nitrogens is 2. The fourth-order valence-corrected chi connectivity index (χ4v) is 2.29. The lowest BCUT2D eigenvalue weighted by Gasteiger charge is -2.19. The van der Waals surface area contributed by atoms with Gasteiger partial charge in [0, 0.05) is 31.2 Å². The molecule has 0 spiro atoms. The fourth-order valence-electron chi connectivity index (χ4n) is 2.08. The van der Waals surface area contributed by atoms with Crippen LogP contribution < -0.4 is 10.2 Å². The first kappa shape index (κ1) is 15.6. The van der Waals surface area contributed by atoms with Crippen molar-refractivity contribution in [3.63, 3.8) is 0 Å². The van der Waals surface area contributed by atoms with Crippen molar-refractivity contribution in [1.29, 1.82) is 0 Å². The summed E-state index contributed by atoms with van der Waals surface area (Å²) in [7, 11) is 2.02. The van der Waals surface area contributed by atoms with Crippen LogP contribution in [0.5, 0.6) is 0 Å². The molecule has 1 aromatic heterocycles. The molecule has 2 rings (SSSR count). The summed E-state index contributed by atoms with van der Waals surface area (Å²) in [5, 5.41) is 4.06. The third-order valence-electron chi connectivity index (χ3n) is 3.08. The van der Waals surface area contributed by atoms with Crippen LogP contribution in [0.15, 0.2) is 30.3 Å². The summed E-state index contributed by atoms with van der Waals surface area (Å²) in [6.45, 7) is 5.71. The lowest BCUT2D eigenvalue weighted by atomic mass is 10.2. The van der Waals surface area contributed by atoms with Crippen LogP contribution in [0.4, 0.5) is 11.6 Å². The largest absolute Gasteiger partial charge is 0.370 e. The number of nitrogens with zero attached hydrogens (tertiary/aromatic N) is 3. The SMILES string of the molecule is CCCNc1cc(N(C)Cc2cccc(Cl)c2)nc(C)n1. The van der Waals surface area contributed by atoms with E-state index in [9.17, 15) is 0 Å². The highest BCUT2D eigenvalue weighted by Gasteiger charge is 2.07. The lowest BCUT2D eigenvalue weighted by Crippen LogP contribution is -2.19. The van der Waals surface area contributed by atoms with Crippen molar-refractivity contribution in [2.24, 2.45) is 0 Å². The molecule has 0 saturated heterocycles. The zero-order chi connectivity index (χ0) is 15.2. The molecule has 2 aromatic rings. The van der Waals surface area contributed by atoms with Gasteiger partial charge in [0.15, 0.2) is 0 Å². The quantitative estimate of drug-likeness (QED) is 0.879. The molecule has 0 fully saturated rings. The molecule has 0 amide bonds. The van der Waals surface area contributed by atoms with Gasteiger partial charge in [-0.2, -0.15) is 0 Å². The van der Waals surface area contributed by atoms with Gasteiger partial charge in [0.1, 0.15) is 17.5 Å². The summed E-state index contributed by atoms with van der Waals surface area (Å²) < 4.78 is 0. The molecule has 4 nitrogen and oxygen atoms in total. The summed E-state index contributed by atoms with van der Waals surface area (Å²) in [6.07, 6.45) is 1.07. The summed E-state index contributed by atoms with van der Waals surface area (Å²) in [4.78, 5) is 11.0. The molecule has 5 heteroatoms. The maximum Gasteiger partial charge on any atom is 0.134 e. The van der Waals surface area contributed by atoms with E-state index >= 15 is 0 Å². The maximum absolute atomic E-state index is 6.03. The van der Waals surface area contributed by atoms with Gasteiger partial charge in [-0.3, -0.25) is 0 Å². The van der Waals surface area contributed by atoms with Gasteiger partial charge < -0.3 is 10.2 Å². The van der Waals surface area contributed by atoms with Gasteiger partial charge >= 0.3 is 0 Å². The standard InChI is InChI=1S/C16H21ClN4/c1-4-8-18-15-10-16(20-12(2)19-15)21(3)11-13-6-5-7-14(17)9-13/h5-7,9-10H,4,8,11H2,1-3H3,(H,18,19,20). The molecule has 0 atom stereocenters. The Bertz CT molecular complexity index is 601. The predicted octanol–water partition coefficient (Wildman–Crippen LogP) is 3.90. The van der Waals surface area contributed by atoms with Gasteiger partial charge in [-0.25, -0.2) is 9.97 Å². The van der Waals surface area contributed by atoms with Crippen LogP contribution in [-0.2, 0) is 6.54 Å². The highest BCUT2D eigenvalue weighted by Crippen LogP contribution is 2.18. The first-order valence-corrected chi connectivity index (χ1v) is 7.51. The van der Waals surface area contributed by atoms with Crippen molar-refractivity contribution in [3.8, 4) is 0 Å². The van der Waals surface area contributed by atoms with Crippen molar-refractivity contribution in [2.45, 2.75) is 26.8 Å². The Hall–Kier alpha value is -1.81. The van der Waals surface area contributed by atoms with Gasteiger partial charge in [-0.05, 0) is 31.0 Å². The van der Waals surface area contributed by atoms with Crippen LogP contribution >= 0.6 is 11.6 Å². The fraction of sp³-hybridized carbons (Fsp3) is 0.375. The van der Waals surface area contributed by atoms with E-state index in [0.717, 1.165) is 47.6 Å². The molecular weight excluding hydrogens is 284 g/mol. The molecule has 0 aliphatic heterocycles. The van der Waals surface area contributed by atoms with Crippen molar-refractivity contribution >= 4 is 23.2 Å². The van der Waals surface area contributed by atoms with Crippen molar-refractivity contribution < 1.29 is 0 Å². The second-order valence-corrected chi connectivity index (χ2v) is 5.51. The molecule has 112 valence electrons. The zero-order valence-electron chi connectivity index (χ0n) is 12.7. The predicted molar refractivity (Wildman–Crippen MR) is 89.1 cm³/mol. The van der Waals surface area contributed by atoms with E-state index in [-0.39, 0.29) is 0 Å². The Morgan fingerprint density at radius 2 is 2.05 bits per heavy atom. The smallest absolute Gasteiger partial charge is 0.134 e. The molecule has 0 aliphatic carbocycles. The first-order chi connectivity index (χ1) is 10.1. The summed E-state index contributed by atoms with van der Waals surface area (Å²) in [5.41, 5.74) is 1.16. The van der Waals surface area contributed by atoms with Gasteiger partial charge in [-0.15, -0.1) is 0 Å². The molecule has 0 bridgehead atoms. The number of rotatable bonds is 6. The number of nitrogens with one attached hydrogen (secondary N) is 1. The van der Waals surface area contributed by atoms with E-state index < -0.39 is 0 Å². The molecular formula is C16H21ClN4. The minimum Gasteiger partial charge on any atom is -0.370 e. The van der Waals surface area contributed by atoms with Crippen LogP contribution in [-0.4, -0.2) is 23.6 Å². The molecule has 0 saturated carbocycles. The summed E-state index contributed by atoms with van der Waals surface area (Å²) >= 11 is 6.03. The Labute approximate surface area is 131 Å². The number of anilines is 2. The van der Waals surface area contributed by atoms with E-state index in [1.54, 1.807) is 0 Å². The number of hydrogen-bond acceptors (Lipinski definition) is 4. The average molecular weight is 305 g/mol. The van der Waals surface area contributed by atoms with E-state index in [0.29, 0.717) is 0 Å². The summed E-state index contributed by atoms with van der Waals surface area (Å²) in [6, 6.07) is 9.86. The van der Waals surface area contributed by atoms with Crippen LogP contribution in [0.25, 0.3) is 0 Å². The molecule has 1 aromatic carbocycles. The van der Waals surface area contributed by atoms with E-state index in [2.05, 4.69) is 33.2 Å². The molecule has 1 N–H and O–H groups in total. The van der Waals surface area contributed by atoms with Crippen molar-refractivity contribution in [1.82, 2.24) is 9.97 Å². The molecule has 0 radical (unpaired) electrons. The molecule has 1 heterocycles. The van der Waals surface area contributed by atoms with E-state index in [4.69, 9.17) is 11.6 Å². The Kier molecular flexibility index (Phi) is 5.39. The van der Waals surface area contributed by atoms with Crippen LogP contribution in [0.3, 0.4) is 0 Å². The van der Waals surface area contributed by atoms with E-state index in [1.165, 1.54) is 0 Å². The number of hydrogen-bond donors (Lipinski definition) is 1. The maximum atomic E-state index is 6.03. The number of halogens is 1. The number of benzene rings is 1. The molecule has 21 heavy (non-hydrogen) atoms. The second-order valence-electron chi connectivity index (χ2n) is 5.07. The Balaban J connectivity index is 2.14.